The van der Waals surface area contributed by atoms with Gasteiger partial charge in [-0.1, -0.05) is 0 Å². The monoisotopic (exact) mass is 128 g/mol. The second kappa shape index (κ2) is 2.67. The largest absolute Gasteiger partial charge is 0.376 e. The standard InChI is InChI=1S/C5H8N2S/c1-2-7-5-3-6-4-8-5/h3-4,7H,2H2,1H3. The Balaban J connectivity index is 2.50. The van der Waals surface area contributed by atoms with Crippen molar-refractivity contribution in [2.75, 3.05) is 11.9 Å². The van der Waals surface area contributed by atoms with E-state index in [1.807, 2.05) is 11.7 Å². The third-order valence-corrected chi connectivity index (χ3v) is 1.51. The number of hydrogen-bond donors (Lipinski definition) is 1. The predicted molar refractivity (Wildman–Crippen MR) is 36.3 cm³/mol. The van der Waals surface area contributed by atoms with Gasteiger partial charge >= 0.3 is 0 Å². The van der Waals surface area contributed by atoms with E-state index in [0.29, 0.717) is 0 Å². The Morgan fingerprint density at radius 1 is 1.88 bits per heavy atom. The molecule has 1 aromatic rings. The first-order valence-corrected chi connectivity index (χ1v) is 3.44. The first-order chi connectivity index (χ1) is 3.93. The highest BCUT2D eigenvalue weighted by atomic mass is 32.1. The van der Waals surface area contributed by atoms with Gasteiger partial charge in [0, 0.05) is 6.54 Å². The van der Waals surface area contributed by atoms with Crippen molar-refractivity contribution in [2.45, 2.75) is 6.92 Å². The molecule has 0 fully saturated rings. The number of nitrogens with zero attached hydrogens (tertiary/aromatic N) is 1. The molecule has 1 rings (SSSR count). The zero-order valence-electron chi connectivity index (χ0n) is 4.72. The van der Waals surface area contributed by atoms with Gasteiger partial charge in [0.2, 0.25) is 0 Å². The zero-order valence-corrected chi connectivity index (χ0v) is 5.53. The van der Waals surface area contributed by atoms with Crippen LogP contribution < -0.4 is 5.32 Å². The van der Waals surface area contributed by atoms with E-state index in [9.17, 15) is 0 Å². The Kier molecular flexibility index (Phi) is 1.86. The number of rotatable bonds is 2. The molecule has 0 amide bonds. The molecule has 0 bridgehead atoms. The fraction of sp³-hybridized carbons (Fsp3) is 0.400. The van der Waals surface area contributed by atoms with Crippen LogP contribution in [0.4, 0.5) is 5.00 Å². The quantitative estimate of drug-likeness (QED) is 0.654. The van der Waals surface area contributed by atoms with Crippen LogP contribution in [0.5, 0.6) is 0 Å². The molecule has 8 heavy (non-hydrogen) atoms. The van der Waals surface area contributed by atoms with Crippen molar-refractivity contribution in [1.29, 1.82) is 0 Å². The summed E-state index contributed by atoms with van der Waals surface area (Å²) in [5, 5.41) is 4.29. The van der Waals surface area contributed by atoms with E-state index >= 15 is 0 Å². The molecule has 1 heterocycles. The van der Waals surface area contributed by atoms with Gasteiger partial charge in [-0.3, -0.25) is 4.98 Å². The molecule has 0 radical (unpaired) electrons. The number of anilines is 1. The van der Waals surface area contributed by atoms with Crippen LogP contribution in [0.15, 0.2) is 11.7 Å². The first kappa shape index (κ1) is 5.56. The van der Waals surface area contributed by atoms with Gasteiger partial charge in [-0.2, -0.15) is 0 Å². The number of aromatic nitrogens is 1. The summed E-state index contributed by atoms with van der Waals surface area (Å²) in [5.41, 5.74) is 1.82. The summed E-state index contributed by atoms with van der Waals surface area (Å²) < 4.78 is 0. The maximum atomic E-state index is 3.90. The van der Waals surface area contributed by atoms with Crippen LogP contribution in [-0.2, 0) is 0 Å². The maximum absolute atomic E-state index is 3.90. The van der Waals surface area contributed by atoms with Crippen molar-refractivity contribution in [3.05, 3.63) is 11.7 Å². The molecular formula is C5H8N2S. The summed E-state index contributed by atoms with van der Waals surface area (Å²) in [5.74, 6) is 0. The normalized spacial score (nSPS) is 9.12. The SMILES string of the molecule is CCNc1cncs1. The highest BCUT2D eigenvalue weighted by molar-refractivity contribution is 7.13. The number of thiazole rings is 1. The van der Waals surface area contributed by atoms with Crippen molar-refractivity contribution < 1.29 is 0 Å². The summed E-state index contributed by atoms with van der Waals surface area (Å²) in [4.78, 5) is 3.90. The molecule has 1 N–H and O–H groups in total. The Morgan fingerprint density at radius 2 is 2.75 bits per heavy atom. The number of hydrogen-bond acceptors (Lipinski definition) is 3. The third-order valence-electron chi connectivity index (χ3n) is 0.783. The van der Waals surface area contributed by atoms with Gasteiger partial charge in [0.25, 0.3) is 0 Å². The molecule has 1 aromatic heterocycles. The van der Waals surface area contributed by atoms with Gasteiger partial charge in [-0.05, 0) is 6.92 Å². The lowest BCUT2D eigenvalue weighted by Gasteiger charge is -1.92. The van der Waals surface area contributed by atoms with E-state index in [4.69, 9.17) is 0 Å². The minimum absolute atomic E-state index is 0.974. The molecule has 44 valence electrons. The topological polar surface area (TPSA) is 24.9 Å². The molecule has 0 unspecified atom stereocenters. The summed E-state index contributed by atoms with van der Waals surface area (Å²) in [7, 11) is 0. The first-order valence-electron chi connectivity index (χ1n) is 2.56. The van der Waals surface area contributed by atoms with E-state index in [0.717, 1.165) is 11.5 Å². The summed E-state index contributed by atoms with van der Waals surface area (Å²) >= 11 is 1.63. The smallest absolute Gasteiger partial charge is 0.108 e. The molecule has 2 nitrogen and oxygen atoms in total. The van der Waals surface area contributed by atoms with Crippen LogP contribution in [0, 0.1) is 0 Å². The Bertz CT molecular complexity index is 136. The number of nitrogens with one attached hydrogen (secondary N) is 1. The summed E-state index contributed by atoms with van der Waals surface area (Å²) in [6, 6.07) is 0. The molecule has 0 aromatic carbocycles. The fourth-order valence-corrected chi connectivity index (χ4v) is 1.06. The molecule has 3 heteroatoms. The zero-order chi connectivity index (χ0) is 5.82. The van der Waals surface area contributed by atoms with Gasteiger partial charge in [0.15, 0.2) is 0 Å². The molecule has 0 saturated carbocycles. The van der Waals surface area contributed by atoms with Crippen LogP contribution >= 0.6 is 11.3 Å². The minimum atomic E-state index is 0.974. The van der Waals surface area contributed by atoms with Crippen LogP contribution in [0.25, 0.3) is 0 Å². The van der Waals surface area contributed by atoms with Gasteiger partial charge < -0.3 is 5.32 Å². The minimum Gasteiger partial charge on any atom is -0.376 e. The molecule has 0 aliphatic rings. The van der Waals surface area contributed by atoms with Gasteiger partial charge in [-0.15, -0.1) is 11.3 Å². The van der Waals surface area contributed by atoms with E-state index in [2.05, 4.69) is 17.2 Å². The second-order valence-electron chi connectivity index (χ2n) is 1.40. The third kappa shape index (κ3) is 1.20. The van der Waals surface area contributed by atoms with Gasteiger partial charge in [0.1, 0.15) is 5.00 Å². The fourth-order valence-electron chi connectivity index (χ4n) is 0.477. The maximum Gasteiger partial charge on any atom is 0.108 e. The van der Waals surface area contributed by atoms with Crippen LogP contribution in [0.1, 0.15) is 6.92 Å². The summed E-state index contributed by atoms with van der Waals surface area (Å²) in [6.45, 7) is 3.04. The van der Waals surface area contributed by atoms with Crippen molar-refractivity contribution in [1.82, 2.24) is 4.98 Å². The van der Waals surface area contributed by atoms with Gasteiger partial charge in [-0.25, -0.2) is 0 Å². The molecule has 0 aliphatic carbocycles. The van der Waals surface area contributed by atoms with Crippen molar-refractivity contribution >= 4 is 16.3 Å². The van der Waals surface area contributed by atoms with Crippen molar-refractivity contribution in [3.8, 4) is 0 Å². The molecule has 0 spiro atoms. The van der Waals surface area contributed by atoms with E-state index in [-0.39, 0.29) is 0 Å². The highest BCUT2D eigenvalue weighted by Crippen LogP contribution is 2.10. The average molecular weight is 128 g/mol. The van der Waals surface area contributed by atoms with E-state index < -0.39 is 0 Å². The van der Waals surface area contributed by atoms with Crippen LogP contribution in [-0.4, -0.2) is 11.5 Å². The van der Waals surface area contributed by atoms with Crippen LogP contribution in [0.2, 0.25) is 0 Å². The Morgan fingerprint density at radius 3 is 3.25 bits per heavy atom. The van der Waals surface area contributed by atoms with Crippen molar-refractivity contribution in [3.63, 3.8) is 0 Å². The molecule has 0 saturated heterocycles. The van der Waals surface area contributed by atoms with E-state index in [1.165, 1.54) is 0 Å². The lowest BCUT2D eigenvalue weighted by molar-refractivity contribution is 1.22. The van der Waals surface area contributed by atoms with Crippen molar-refractivity contribution in [2.24, 2.45) is 0 Å². The van der Waals surface area contributed by atoms with Crippen LogP contribution in [0.3, 0.4) is 0 Å². The molecule has 0 aliphatic heterocycles. The van der Waals surface area contributed by atoms with Gasteiger partial charge in [0.05, 0.1) is 11.7 Å². The Hall–Kier alpha value is -0.570. The average Bonchev–Trinajstić information content (AvgIpc) is 2.19. The lowest BCUT2D eigenvalue weighted by atomic mass is 10.7. The molecular weight excluding hydrogens is 120 g/mol. The predicted octanol–water partition coefficient (Wildman–Crippen LogP) is 1.57. The highest BCUT2D eigenvalue weighted by Gasteiger charge is 1.85. The summed E-state index contributed by atoms with van der Waals surface area (Å²) in [6.07, 6.45) is 1.83. The lowest BCUT2D eigenvalue weighted by Crippen LogP contribution is -1.92. The van der Waals surface area contributed by atoms with E-state index in [1.54, 1.807) is 11.3 Å². The molecule has 0 atom stereocenters. The second-order valence-corrected chi connectivity index (χ2v) is 2.28. The Labute approximate surface area is 52.6 Å².